The van der Waals surface area contributed by atoms with E-state index in [1.165, 1.54) is 19.3 Å². The van der Waals surface area contributed by atoms with E-state index in [0.717, 1.165) is 43.0 Å². The molecule has 1 aromatic heterocycles. The van der Waals surface area contributed by atoms with Crippen LogP contribution in [0.15, 0.2) is 48.5 Å². The summed E-state index contributed by atoms with van der Waals surface area (Å²) in [5, 5.41) is 19.4. The summed E-state index contributed by atoms with van der Waals surface area (Å²) in [6.07, 6.45) is 3.13. The maximum Gasteiger partial charge on any atom is 0.203 e. The summed E-state index contributed by atoms with van der Waals surface area (Å²) in [4.78, 5) is 2.49. The molecule has 0 bridgehead atoms. The average Bonchev–Trinajstić information content (AvgIpc) is 3.08. The minimum absolute atomic E-state index is 0. The third-order valence-electron chi connectivity index (χ3n) is 5.96. The Balaban J connectivity index is 0.00000289. The molecule has 2 heterocycles. The molecular formula is C24H32ClN4O3-. The van der Waals surface area contributed by atoms with Crippen molar-refractivity contribution >= 4 is 11.0 Å². The zero-order valence-corrected chi connectivity index (χ0v) is 19.3. The van der Waals surface area contributed by atoms with Gasteiger partial charge < -0.3 is 41.0 Å². The molecule has 1 aliphatic rings. The van der Waals surface area contributed by atoms with Crippen LogP contribution in [0.5, 0.6) is 11.5 Å². The van der Waals surface area contributed by atoms with Gasteiger partial charge >= 0.3 is 0 Å². The molecule has 0 amide bonds. The number of hydrogen-bond acceptors (Lipinski definition) is 5. The van der Waals surface area contributed by atoms with E-state index >= 15 is 0 Å². The Kier molecular flexibility index (Phi) is 8.61. The van der Waals surface area contributed by atoms with Gasteiger partial charge in [0.05, 0.1) is 24.7 Å². The number of benzene rings is 2. The number of halogens is 1. The molecule has 1 fully saturated rings. The summed E-state index contributed by atoms with van der Waals surface area (Å²) in [5.74, 6) is 1.44. The van der Waals surface area contributed by atoms with Crippen LogP contribution in [0.1, 0.15) is 19.3 Å². The Morgan fingerprint density at radius 2 is 1.53 bits per heavy atom. The smallest absolute Gasteiger partial charge is 0.203 e. The molecule has 4 rings (SSSR count). The SMILES string of the molecule is COc1ccc(OCC(O)Cn2c(=N)n(CCN3CCCCC3)c3ccccc32)cc1.[Cl-]. The van der Waals surface area contributed by atoms with Crippen molar-refractivity contribution in [2.45, 2.75) is 38.5 Å². The van der Waals surface area contributed by atoms with Gasteiger partial charge in [0.25, 0.3) is 0 Å². The van der Waals surface area contributed by atoms with Gasteiger partial charge in [-0.1, -0.05) is 18.6 Å². The van der Waals surface area contributed by atoms with Crippen molar-refractivity contribution in [2.24, 2.45) is 0 Å². The molecule has 32 heavy (non-hydrogen) atoms. The van der Waals surface area contributed by atoms with Crippen LogP contribution in [0.4, 0.5) is 0 Å². The zero-order valence-electron chi connectivity index (χ0n) is 18.5. The van der Waals surface area contributed by atoms with Crippen LogP contribution < -0.4 is 27.5 Å². The second kappa shape index (κ2) is 11.4. The van der Waals surface area contributed by atoms with Gasteiger partial charge in [-0.15, -0.1) is 0 Å². The van der Waals surface area contributed by atoms with E-state index in [0.29, 0.717) is 17.9 Å². The van der Waals surface area contributed by atoms with Crippen molar-refractivity contribution in [2.75, 3.05) is 33.4 Å². The van der Waals surface area contributed by atoms with Crippen LogP contribution in [0.2, 0.25) is 0 Å². The predicted molar refractivity (Wildman–Crippen MR) is 121 cm³/mol. The summed E-state index contributed by atoms with van der Waals surface area (Å²) in [5.41, 5.74) is 2.42. The number of nitrogens with zero attached hydrogens (tertiary/aromatic N) is 3. The molecule has 1 aliphatic heterocycles. The molecule has 3 aromatic rings. The van der Waals surface area contributed by atoms with E-state index in [-0.39, 0.29) is 19.0 Å². The number of hydrogen-bond donors (Lipinski definition) is 2. The highest BCUT2D eigenvalue weighted by Gasteiger charge is 2.16. The number of ether oxygens (including phenoxy) is 2. The number of aliphatic hydroxyl groups is 1. The Labute approximate surface area is 195 Å². The first-order valence-corrected chi connectivity index (χ1v) is 11.1. The van der Waals surface area contributed by atoms with Crippen LogP contribution in [0.25, 0.3) is 11.0 Å². The normalized spacial score (nSPS) is 15.3. The highest BCUT2D eigenvalue weighted by molar-refractivity contribution is 5.75. The second-order valence-electron chi connectivity index (χ2n) is 8.12. The topological polar surface area (TPSA) is 75.6 Å². The fourth-order valence-electron chi connectivity index (χ4n) is 4.26. The maximum atomic E-state index is 10.6. The summed E-state index contributed by atoms with van der Waals surface area (Å²) in [6, 6.07) is 15.4. The molecule has 7 nitrogen and oxygen atoms in total. The maximum absolute atomic E-state index is 10.6. The molecule has 1 atom stereocenters. The number of aromatic nitrogens is 2. The number of fused-ring (bicyclic) bond motifs is 1. The Morgan fingerprint density at radius 3 is 2.19 bits per heavy atom. The first-order valence-electron chi connectivity index (χ1n) is 11.1. The fourth-order valence-corrected chi connectivity index (χ4v) is 4.26. The molecule has 0 spiro atoms. The van der Waals surface area contributed by atoms with Gasteiger partial charge in [0.2, 0.25) is 5.62 Å². The van der Waals surface area contributed by atoms with Gasteiger partial charge in [0.1, 0.15) is 24.2 Å². The average molecular weight is 460 g/mol. The highest BCUT2D eigenvalue weighted by Crippen LogP contribution is 2.18. The van der Waals surface area contributed by atoms with Crippen LogP contribution in [0.3, 0.4) is 0 Å². The predicted octanol–water partition coefficient (Wildman–Crippen LogP) is -0.139. The Morgan fingerprint density at radius 1 is 0.906 bits per heavy atom. The van der Waals surface area contributed by atoms with Crippen molar-refractivity contribution in [1.82, 2.24) is 14.0 Å². The number of para-hydroxylation sites is 2. The summed E-state index contributed by atoms with van der Waals surface area (Å²) >= 11 is 0. The molecule has 0 saturated carbocycles. The summed E-state index contributed by atoms with van der Waals surface area (Å²) in [7, 11) is 1.62. The van der Waals surface area contributed by atoms with Crippen molar-refractivity contribution in [3.05, 3.63) is 54.1 Å². The number of likely N-dealkylation sites (tertiary alicyclic amines) is 1. The van der Waals surface area contributed by atoms with Gasteiger partial charge in [-0.25, -0.2) is 0 Å². The molecule has 2 N–H and O–H groups in total. The van der Waals surface area contributed by atoms with Gasteiger partial charge in [-0.05, 0) is 62.3 Å². The van der Waals surface area contributed by atoms with E-state index in [1.807, 2.05) is 47.0 Å². The van der Waals surface area contributed by atoms with Crippen LogP contribution >= 0.6 is 0 Å². The lowest BCUT2D eigenvalue weighted by Crippen LogP contribution is -3.00. The summed E-state index contributed by atoms with van der Waals surface area (Å²) < 4.78 is 14.8. The van der Waals surface area contributed by atoms with Crippen molar-refractivity contribution < 1.29 is 27.0 Å². The largest absolute Gasteiger partial charge is 1.00 e. The van der Waals surface area contributed by atoms with Gasteiger partial charge in [-0.2, -0.15) is 0 Å². The molecule has 2 aromatic carbocycles. The van der Waals surface area contributed by atoms with Crippen molar-refractivity contribution in [1.29, 1.82) is 5.41 Å². The van der Waals surface area contributed by atoms with Gasteiger partial charge in [0.15, 0.2) is 0 Å². The molecule has 174 valence electrons. The lowest BCUT2D eigenvalue weighted by atomic mass is 10.1. The standard InChI is InChI=1S/C24H32N4O3.ClH/c1-30-20-9-11-21(12-10-20)31-18-19(29)17-28-23-8-4-3-7-22(23)27(24(28)25)16-15-26-13-5-2-6-14-26;/h3-4,7-12,19,25,29H,2,5-6,13-18H2,1H3;1H/p-1. The van der Waals surface area contributed by atoms with E-state index < -0.39 is 6.10 Å². The minimum atomic E-state index is -0.724. The summed E-state index contributed by atoms with van der Waals surface area (Å²) in [6.45, 7) is 4.50. The number of rotatable bonds is 9. The number of aliphatic hydroxyl groups excluding tert-OH is 1. The number of imidazole rings is 1. The molecule has 0 radical (unpaired) electrons. The van der Waals surface area contributed by atoms with E-state index in [2.05, 4.69) is 15.5 Å². The zero-order chi connectivity index (χ0) is 21.6. The molecule has 1 saturated heterocycles. The van der Waals surface area contributed by atoms with E-state index in [9.17, 15) is 5.11 Å². The third kappa shape index (κ3) is 5.65. The molecular weight excluding hydrogens is 428 g/mol. The first-order chi connectivity index (χ1) is 15.2. The highest BCUT2D eigenvalue weighted by atomic mass is 35.5. The molecule has 1 unspecified atom stereocenters. The van der Waals surface area contributed by atoms with E-state index in [4.69, 9.17) is 14.9 Å². The lowest BCUT2D eigenvalue weighted by Gasteiger charge is -2.26. The van der Waals surface area contributed by atoms with Crippen molar-refractivity contribution in [3.8, 4) is 11.5 Å². The van der Waals surface area contributed by atoms with Crippen LogP contribution in [0, 0.1) is 5.41 Å². The first kappa shape index (κ1) is 24.2. The number of nitrogens with one attached hydrogen (secondary N) is 1. The fraction of sp³-hybridized carbons (Fsp3) is 0.458. The van der Waals surface area contributed by atoms with Crippen molar-refractivity contribution in [3.63, 3.8) is 0 Å². The molecule has 8 heteroatoms. The van der Waals surface area contributed by atoms with Gasteiger partial charge in [-0.3, -0.25) is 5.41 Å². The number of piperidine rings is 1. The minimum Gasteiger partial charge on any atom is -1.00 e. The third-order valence-corrected chi connectivity index (χ3v) is 5.96. The Bertz CT molecular complexity index is 1040. The van der Waals surface area contributed by atoms with E-state index in [1.54, 1.807) is 7.11 Å². The second-order valence-corrected chi connectivity index (χ2v) is 8.12. The monoisotopic (exact) mass is 459 g/mol. The van der Waals surface area contributed by atoms with Crippen LogP contribution in [-0.4, -0.2) is 58.6 Å². The number of methoxy groups -OCH3 is 1. The quantitative estimate of drug-likeness (QED) is 0.467. The van der Waals surface area contributed by atoms with Crippen LogP contribution in [-0.2, 0) is 13.1 Å². The Hall–Kier alpha value is -2.48. The molecule has 0 aliphatic carbocycles. The van der Waals surface area contributed by atoms with Gasteiger partial charge in [0, 0.05) is 13.1 Å². The lowest BCUT2D eigenvalue weighted by molar-refractivity contribution is -0.00000889.